The molecule has 1 heterocycles. The average molecular weight is 463 g/mol. The number of carbonyl (C=O) groups excluding carboxylic acids is 2. The first-order valence-corrected chi connectivity index (χ1v) is 12.3. The van der Waals surface area contributed by atoms with Crippen LogP contribution in [-0.4, -0.2) is 43.1 Å². The fraction of sp³-hybridized carbons (Fsp3) is 0.583. The predicted octanol–water partition coefficient (Wildman–Crippen LogP) is 4.20. The second-order valence-corrected chi connectivity index (χ2v) is 9.51. The molecule has 0 aliphatic heterocycles. The summed E-state index contributed by atoms with van der Waals surface area (Å²) in [6, 6.07) is 7.48. The lowest BCUT2D eigenvalue weighted by molar-refractivity contribution is -0.132. The molecule has 2 aromatic rings. The number of nitrogens with one attached hydrogen (secondary N) is 2. The highest BCUT2D eigenvalue weighted by Crippen LogP contribution is 2.34. The maximum absolute atomic E-state index is 13.0. The maximum atomic E-state index is 13.0. The third-order valence-corrected chi connectivity index (χ3v) is 7.24. The van der Waals surface area contributed by atoms with Gasteiger partial charge in [-0.25, -0.2) is 5.48 Å². The number of thiophene rings is 1. The van der Waals surface area contributed by atoms with Crippen molar-refractivity contribution < 1.29 is 24.3 Å². The molecule has 0 bridgehead atoms. The average Bonchev–Trinajstić information content (AvgIpc) is 3.23. The Morgan fingerprint density at radius 2 is 1.94 bits per heavy atom. The second kappa shape index (κ2) is 12.3. The third kappa shape index (κ3) is 6.51. The van der Waals surface area contributed by atoms with Gasteiger partial charge < -0.3 is 14.8 Å². The van der Waals surface area contributed by atoms with Gasteiger partial charge in [-0.15, -0.1) is 11.3 Å². The van der Waals surface area contributed by atoms with Crippen molar-refractivity contribution >= 4 is 33.2 Å². The number of amides is 2. The van der Waals surface area contributed by atoms with E-state index >= 15 is 0 Å². The number of carbonyl (C=O) groups is 2. The van der Waals surface area contributed by atoms with Crippen LogP contribution in [-0.2, 0) is 19.1 Å². The van der Waals surface area contributed by atoms with Crippen LogP contribution >= 0.6 is 11.3 Å². The normalized spacial score (nSPS) is 20.6. The molecule has 3 N–H and O–H groups in total. The largest absolute Gasteiger partial charge is 0.356 e. The molecule has 7 nitrogen and oxygen atoms in total. The van der Waals surface area contributed by atoms with Crippen LogP contribution in [0.1, 0.15) is 57.4 Å². The van der Waals surface area contributed by atoms with Crippen molar-refractivity contribution in [3.8, 4) is 0 Å². The highest BCUT2D eigenvalue weighted by atomic mass is 32.1. The first-order chi connectivity index (χ1) is 15.5. The summed E-state index contributed by atoms with van der Waals surface area (Å²) >= 11 is 1.56. The first kappa shape index (κ1) is 24.6. The number of hydroxylamine groups is 1. The molecule has 176 valence electrons. The van der Waals surface area contributed by atoms with Crippen molar-refractivity contribution in [2.24, 2.45) is 11.8 Å². The molecule has 3 rings (SSSR count). The van der Waals surface area contributed by atoms with Gasteiger partial charge in [-0.1, -0.05) is 25.1 Å². The Morgan fingerprint density at radius 1 is 1.19 bits per heavy atom. The van der Waals surface area contributed by atoms with E-state index in [1.165, 1.54) is 0 Å². The van der Waals surface area contributed by atoms with E-state index in [0.717, 1.165) is 41.3 Å². The lowest BCUT2D eigenvalue weighted by Gasteiger charge is -2.29. The van der Waals surface area contributed by atoms with Crippen LogP contribution in [0.4, 0.5) is 0 Å². The molecule has 1 fully saturated rings. The van der Waals surface area contributed by atoms with Gasteiger partial charge in [0.05, 0.1) is 18.6 Å². The monoisotopic (exact) mass is 462 g/mol. The van der Waals surface area contributed by atoms with Crippen LogP contribution in [0.25, 0.3) is 10.1 Å². The Balaban J connectivity index is 1.76. The molecule has 1 saturated carbocycles. The Labute approximate surface area is 193 Å². The van der Waals surface area contributed by atoms with Crippen LogP contribution in [0.3, 0.4) is 0 Å². The standard InChI is InChI=1S/C24H34N2O5S/c1-3-30-15-31-13-18(25-23(27)17-10-8-16(2)9-11-17)12-20(24(28)26-29)21-14-32-22-7-5-4-6-19(21)22/h4-7,14,16-18,20,29H,3,8-13,15H2,1-2H3,(H,25,27)(H,26,28). The minimum absolute atomic E-state index is 0.00677. The molecule has 1 aromatic heterocycles. The fourth-order valence-corrected chi connectivity index (χ4v) is 5.36. The second-order valence-electron chi connectivity index (χ2n) is 8.60. The molecule has 0 radical (unpaired) electrons. The topological polar surface area (TPSA) is 96.9 Å². The number of hydrogen-bond acceptors (Lipinski definition) is 6. The minimum Gasteiger partial charge on any atom is -0.356 e. The van der Waals surface area contributed by atoms with E-state index in [0.29, 0.717) is 18.9 Å². The van der Waals surface area contributed by atoms with E-state index in [4.69, 9.17) is 9.47 Å². The minimum atomic E-state index is -0.622. The predicted molar refractivity (Wildman–Crippen MR) is 125 cm³/mol. The number of hydrogen-bond donors (Lipinski definition) is 3. The van der Waals surface area contributed by atoms with Crippen LogP contribution in [0, 0.1) is 11.8 Å². The lowest BCUT2D eigenvalue weighted by Crippen LogP contribution is -2.44. The summed E-state index contributed by atoms with van der Waals surface area (Å²) < 4.78 is 12.0. The third-order valence-electron chi connectivity index (χ3n) is 6.26. The maximum Gasteiger partial charge on any atom is 0.251 e. The zero-order valence-corrected chi connectivity index (χ0v) is 19.7. The van der Waals surface area contributed by atoms with Gasteiger partial charge in [0, 0.05) is 17.2 Å². The van der Waals surface area contributed by atoms with Gasteiger partial charge in [-0.3, -0.25) is 14.8 Å². The van der Waals surface area contributed by atoms with E-state index in [1.54, 1.807) is 11.3 Å². The molecule has 1 aromatic carbocycles. The van der Waals surface area contributed by atoms with E-state index in [-0.39, 0.29) is 31.3 Å². The van der Waals surface area contributed by atoms with Gasteiger partial charge in [-0.05, 0) is 67.3 Å². The summed E-state index contributed by atoms with van der Waals surface area (Å²) in [5.41, 5.74) is 2.65. The summed E-state index contributed by atoms with van der Waals surface area (Å²) in [4.78, 5) is 25.6. The van der Waals surface area contributed by atoms with Crippen molar-refractivity contribution in [1.82, 2.24) is 10.8 Å². The number of fused-ring (bicyclic) bond motifs is 1. The lowest BCUT2D eigenvalue weighted by atomic mass is 9.82. The fourth-order valence-electron chi connectivity index (χ4n) is 4.35. The van der Waals surface area contributed by atoms with Gasteiger partial charge in [0.15, 0.2) is 0 Å². The SMILES string of the molecule is CCOCOCC(CC(C(=O)NO)c1csc2ccccc12)NC(=O)C1CCC(C)CC1. The molecule has 0 saturated heterocycles. The Bertz CT molecular complexity index is 878. The van der Waals surface area contributed by atoms with Crippen LogP contribution < -0.4 is 10.8 Å². The van der Waals surface area contributed by atoms with Crippen molar-refractivity contribution in [2.45, 2.75) is 57.9 Å². The quantitative estimate of drug-likeness (QED) is 0.201. The van der Waals surface area contributed by atoms with Crippen molar-refractivity contribution in [3.63, 3.8) is 0 Å². The Hall–Kier alpha value is -2.00. The molecule has 2 amide bonds. The van der Waals surface area contributed by atoms with Gasteiger partial charge in [0.2, 0.25) is 5.91 Å². The number of rotatable bonds is 11. The van der Waals surface area contributed by atoms with E-state index in [9.17, 15) is 14.8 Å². The smallest absolute Gasteiger partial charge is 0.251 e. The zero-order valence-electron chi connectivity index (χ0n) is 18.8. The van der Waals surface area contributed by atoms with Crippen molar-refractivity contribution in [1.29, 1.82) is 0 Å². The summed E-state index contributed by atoms with van der Waals surface area (Å²) in [6.07, 6.45) is 4.19. The summed E-state index contributed by atoms with van der Waals surface area (Å²) in [5.74, 6) is -0.450. The van der Waals surface area contributed by atoms with Crippen LogP contribution in [0.15, 0.2) is 29.6 Å². The molecule has 0 spiro atoms. The summed E-state index contributed by atoms with van der Waals surface area (Å²) in [6.45, 7) is 5.00. The molecule has 2 unspecified atom stereocenters. The van der Waals surface area contributed by atoms with Gasteiger partial charge in [0.25, 0.3) is 5.91 Å². The molecule has 2 atom stereocenters. The highest BCUT2D eigenvalue weighted by Gasteiger charge is 2.30. The summed E-state index contributed by atoms with van der Waals surface area (Å²) in [5, 5.41) is 15.5. The van der Waals surface area contributed by atoms with Gasteiger partial charge in [0.1, 0.15) is 6.79 Å². The summed E-state index contributed by atoms with van der Waals surface area (Å²) in [7, 11) is 0. The Kier molecular flexibility index (Phi) is 9.47. The molecule has 8 heteroatoms. The van der Waals surface area contributed by atoms with Crippen LogP contribution in [0.5, 0.6) is 0 Å². The molecular formula is C24H34N2O5S. The van der Waals surface area contributed by atoms with Crippen LogP contribution in [0.2, 0.25) is 0 Å². The van der Waals surface area contributed by atoms with Crippen molar-refractivity contribution in [2.75, 3.05) is 20.0 Å². The molecular weight excluding hydrogens is 428 g/mol. The molecule has 1 aliphatic rings. The Morgan fingerprint density at radius 3 is 2.66 bits per heavy atom. The number of benzene rings is 1. The van der Waals surface area contributed by atoms with E-state index in [2.05, 4.69) is 12.2 Å². The number of ether oxygens (including phenoxy) is 2. The zero-order chi connectivity index (χ0) is 22.9. The van der Waals surface area contributed by atoms with Gasteiger partial charge in [-0.2, -0.15) is 0 Å². The van der Waals surface area contributed by atoms with Crippen molar-refractivity contribution in [3.05, 3.63) is 35.2 Å². The first-order valence-electron chi connectivity index (χ1n) is 11.4. The highest BCUT2D eigenvalue weighted by molar-refractivity contribution is 7.17. The van der Waals surface area contributed by atoms with E-state index in [1.807, 2.05) is 42.0 Å². The van der Waals surface area contributed by atoms with E-state index < -0.39 is 11.8 Å². The molecule has 32 heavy (non-hydrogen) atoms. The molecule has 1 aliphatic carbocycles. The van der Waals surface area contributed by atoms with Gasteiger partial charge >= 0.3 is 0 Å².